The molecule has 164 valence electrons. The van der Waals surface area contributed by atoms with E-state index in [0.29, 0.717) is 0 Å². The Labute approximate surface area is 186 Å². The first-order chi connectivity index (χ1) is 15.7. The van der Waals surface area contributed by atoms with Crippen LogP contribution in [-0.4, -0.2) is 57.7 Å². The highest BCUT2D eigenvalue weighted by Crippen LogP contribution is 2.35. The number of aromatic amines is 1. The van der Waals surface area contributed by atoms with Gasteiger partial charge < -0.3 is 9.32 Å². The molecule has 0 spiro atoms. The molecule has 1 aromatic carbocycles. The van der Waals surface area contributed by atoms with E-state index in [9.17, 15) is 4.39 Å². The minimum Gasteiger partial charge on any atom is -0.463 e. The number of benzene rings is 1. The molecule has 6 nitrogen and oxygen atoms in total. The summed E-state index contributed by atoms with van der Waals surface area (Å²) in [5.41, 5.74) is 4.78. The molecule has 5 rings (SSSR count). The van der Waals surface area contributed by atoms with E-state index in [2.05, 4.69) is 39.1 Å². The zero-order valence-electron chi connectivity index (χ0n) is 18.0. The molecule has 7 heteroatoms. The van der Waals surface area contributed by atoms with Gasteiger partial charge in [0.05, 0.1) is 24.2 Å². The van der Waals surface area contributed by atoms with Crippen molar-refractivity contribution in [2.24, 2.45) is 0 Å². The third kappa shape index (κ3) is 4.09. The number of furan rings is 1. The maximum atomic E-state index is 13.3. The van der Waals surface area contributed by atoms with Gasteiger partial charge in [0, 0.05) is 43.5 Å². The first-order valence-corrected chi connectivity index (χ1v) is 11.0. The number of nitrogens with zero attached hydrogens (tertiary/aromatic N) is 4. The zero-order valence-corrected chi connectivity index (χ0v) is 18.0. The number of nitrogens with one attached hydrogen (secondary N) is 1. The van der Waals surface area contributed by atoms with Crippen LogP contribution in [0.25, 0.3) is 22.6 Å². The average Bonchev–Trinajstić information content (AvgIpc) is 3.53. The Balaban J connectivity index is 1.51. The Morgan fingerprint density at radius 1 is 1.00 bits per heavy atom. The lowest BCUT2D eigenvalue weighted by atomic mass is 9.98. The molecule has 32 heavy (non-hydrogen) atoms. The fourth-order valence-electron chi connectivity index (χ4n) is 4.38. The van der Waals surface area contributed by atoms with Crippen LogP contribution in [0.3, 0.4) is 0 Å². The van der Waals surface area contributed by atoms with Crippen LogP contribution in [0.5, 0.6) is 0 Å². The Morgan fingerprint density at radius 2 is 1.78 bits per heavy atom. The van der Waals surface area contributed by atoms with Crippen molar-refractivity contribution in [3.05, 3.63) is 84.3 Å². The monoisotopic (exact) mass is 431 g/mol. The summed E-state index contributed by atoms with van der Waals surface area (Å²) < 4.78 is 19.0. The van der Waals surface area contributed by atoms with Crippen molar-refractivity contribution in [2.45, 2.75) is 13.0 Å². The van der Waals surface area contributed by atoms with E-state index in [4.69, 9.17) is 9.40 Å². The molecule has 0 saturated carbocycles. The lowest BCUT2D eigenvalue weighted by Crippen LogP contribution is -2.47. The molecule has 0 aliphatic carbocycles. The van der Waals surface area contributed by atoms with Crippen LogP contribution in [0.4, 0.5) is 4.39 Å². The smallest absolute Gasteiger partial charge is 0.151 e. The first-order valence-electron chi connectivity index (χ1n) is 11.0. The minimum absolute atomic E-state index is 0.0462. The number of likely N-dealkylation sites (N-methyl/N-ethyl adjacent to an activating group) is 1. The molecule has 4 aromatic rings. The summed E-state index contributed by atoms with van der Waals surface area (Å²) in [4.78, 5) is 9.77. The number of piperazine rings is 1. The number of halogens is 1. The van der Waals surface area contributed by atoms with Crippen LogP contribution >= 0.6 is 0 Å². The van der Waals surface area contributed by atoms with Gasteiger partial charge in [-0.3, -0.25) is 15.0 Å². The van der Waals surface area contributed by atoms with Gasteiger partial charge in [0.15, 0.2) is 5.76 Å². The highest BCUT2D eigenvalue weighted by Gasteiger charge is 2.30. The predicted molar refractivity (Wildman–Crippen MR) is 121 cm³/mol. The van der Waals surface area contributed by atoms with Crippen molar-refractivity contribution < 1.29 is 8.81 Å². The number of H-pyrrole nitrogens is 1. The summed E-state index contributed by atoms with van der Waals surface area (Å²) in [5, 5.41) is 7.45. The van der Waals surface area contributed by atoms with Crippen molar-refractivity contribution in [2.75, 3.05) is 32.7 Å². The normalized spacial score (nSPS) is 16.3. The largest absolute Gasteiger partial charge is 0.463 e. The van der Waals surface area contributed by atoms with Crippen LogP contribution in [0, 0.1) is 5.82 Å². The van der Waals surface area contributed by atoms with E-state index in [1.165, 1.54) is 12.1 Å². The van der Waals surface area contributed by atoms with Crippen molar-refractivity contribution >= 4 is 0 Å². The van der Waals surface area contributed by atoms with Crippen LogP contribution in [-0.2, 0) is 0 Å². The van der Waals surface area contributed by atoms with Gasteiger partial charge in [-0.25, -0.2) is 4.39 Å². The molecule has 1 aliphatic rings. The van der Waals surface area contributed by atoms with Gasteiger partial charge in [-0.15, -0.1) is 0 Å². The van der Waals surface area contributed by atoms with Crippen molar-refractivity contribution in [1.29, 1.82) is 0 Å². The molecular weight excluding hydrogens is 405 g/mol. The van der Waals surface area contributed by atoms with E-state index in [1.807, 2.05) is 24.5 Å². The summed E-state index contributed by atoms with van der Waals surface area (Å²) in [7, 11) is 0. The van der Waals surface area contributed by atoms with Gasteiger partial charge in [-0.05, 0) is 42.4 Å². The fraction of sp³-hybridized carbons (Fsp3) is 0.280. The van der Waals surface area contributed by atoms with Crippen molar-refractivity contribution in [3.63, 3.8) is 0 Å². The summed E-state index contributed by atoms with van der Waals surface area (Å²) in [5.74, 6) is 0.521. The van der Waals surface area contributed by atoms with Crippen molar-refractivity contribution in [3.8, 4) is 22.6 Å². The molecule has 0 radical (unpaired) electrons. The molecule has 1 saturated heterocycles. The molecular formula is C25H26FN5O. The highest BCUT2D eigenvalue weighted by atomic mass is 19.1. The Bertz CT molecular complexity index is 1130. The maximum absolute atomic E-state index is 13.3. The van der Waals surface area contributed by atoms with Gasteiger partial charge in [-0.1, -0.05) is 25.1 Å². The molecule has 4 heterocycles. The molecule has 1 N–H and O–H groups in total. The predicted octanol–water partition coefficient (Wildman–Crippen LogP) is 4.60. The number of rotatable bonds is 6. The Hall–Kier alpha value is -3.29. The number of aromatic nitrogens is 3. The second kappa shape index (κ2) is 9.06. The fourth-order valence-corrected chi connectivity index (χ4v) is 4.38. The minimum atomic E-state index is -0.241. The topological polar surface area (TPSA) is 61.2 Å². The summed E-state index contributed by atoms with van der Waals surface area (Å²) in [6.07, 6.45) is 5.42. The lowest BCUT2D eigenvalue weighted by molar-refractivity contribution is 0.112. The van der Waals surface area contributed by atoms with Crippen LogP contribution in [0.2, 0.25) is 0 Å². The summed E-state index contributed by atoms with van der Waals surface area (Å²) >= 11 is 0. The average molecular weight is 432 g/mol. The van der Waals surface area contributed by atoms with E-state index >= 15 is 0 Å². The van der Waals surface area contributed by atoms with E-state index in [-0.39, 0.29) is 11.9 Å². The third-order valence-electron chi connectivity index (χ3n) is 6.19. The standard InChI is InChI=1S/C25H26FN5O/c1-2-30-11-13-31(14-12-30)25(21-17-28-29-24(21)23-4-3-15-32-23)22-10-7-19(16-27-22)18-5-8-20(26)9-6-18/h3-10,15-17,25H,2,11-14H2,1H3,(H,28,29). The van der Waals surface area contributed by atoms with E-state index < -0.39 is 0 Å². The van der Waals surface area contributed by atoms with Gasteiger partial charge >= 0.3 is 0 Å². The third-order valence-corrected chi connectivity index (χ3v) is 6.19. The number of hydrogen-bond donors (Lipinski definition) is 1. The van der Waals surface area contributed by atoms with E-state index in [1.54, 1.807) is 18.4 Å². The Morgan fingerprint density at radius 3 is 2.44 bits per heavy atom. The maximum Gasteiger partial charge on any atom is 0.151 e. The SMILES string of the molecule is CCN1CCN(C(c2ccc(-c3ccc(F)cc3)cn2)c2cn[nH]c2-c2ccco2)CC1. The molecule has 1 unspecified atom stereocenters. The first kappa shape index (κ1) is 20.6. The number of pyridine rings is 1. The second-order valence-electron chi connectivity index (χ2n) is 8.03. The molecule has 1 atom stereocenters. The van der Waals surface area contributed by atoms with Crippen molar-refractivity contribution in [1.82, 2.24) is 25.0 Å². The Kier molecular flexibility index (Phi) is 5.83. The van der Waals surface area contributed by atoms with Gasteiger partial charge in [0.1, 0.15) is 11.5 Å². The van der Waals surface area contributed by atoms with Gasteiger partial charge in [0.25, 0.3) is 0 Å². The lowest BCUT2D eigenvalue weighted by Gasteiger charge is -2.38. The van der Waals surface area contributed by atoms with Crippen LogP contribution in [0.15, 0.2) is 71.6 Å². The molecule has 1 fully saturated rings. The zero-order chi connectivity index (χ0) is 21.9. The van der Waals surface area contributed by atoms with Crippen LogP contribution < -0.4 is 0 Å². The van der Waals surface area contributed by atoms with E-state index in [0.717, 1.165) is 66.6 Å². The second-order valence-corrected chi connectivity index (χ2v) is 8.03. The highest BCUT2D eigenvalue weighted by molar-refractivity contribution is 5.63. The molecule has 3 aromatic heterocycles. The molecule has 1 aliphatic heterocycles. The van der Waals surface area contributed by atoms with Gasteiger partial charge in [-0.2, -0.15) is 5.10 Å². The quantitative estimate of drug-likeness (QED) is 0.484. The van der Waals surface area contributed by atoms with Gasteiger partial charge in [0.2, 0.25) is 0 Å². The molecule has 0 amide bonds. The summed E-state index contributed by atoms with van der Waals surface area (Å²) in [6.45, 7) is 7.20. The van der Waals surface area contributed by atoms with Crippen LogP contribution in [0.1, 0.15) is 24.2 Å². The number of hydrogen-bond acceptors (Lipinski definition) is 5. The molecule has 0 bridgehead atoms. The summed E-state index contributed by atoms with van der Waals surface area (Å²) in [6, 6.07) is 14.4.